The quantitative estimate of drug-likeness (QED) is 0.395. The summed E-state index contributed by atoms with van der Waals surface area (Å²) in [4.78, 5) is 26.8. The first kappa shape index (κ1) is 24.1. The van der Waals surface area contributed by atoms with Crippen LogP contribution >= 0.6 is 0 Å². The molecular formula is C25H21F3N8O. The normalized spacial score (nSPS) is 15.9. The zero-order valence-electron chi connectivity index (χ0n) is 19.4. The predicted molar refractivity (Wildman–Crippen MR) is 130 cm³/mol. The molecule has 1 amide bonds. The molecular weight excluding hydrogens is 485 g/mol. The molecule has 0 spiro atoms. The maximum Gasteiger partial charge on any atom is 0.416 e. The molecule has 12 heteroatoms. The van der Waals surface area contributed by atoms with Crippen molar-refractivity contribution in [1.82, 2.24) is 24.4 Å². The number of nitriles is 1. The van der Waals surface area contributed by atoms with Crippen molar-refractivity contribution in [3.05, 3.63) is 71.8 Å². The van der Waals surface area contributed by atoms with Crippen molar-refractivity contribution in [2.45, 2.75) is 24.9 Å². The number of aromatic nitrogens is 4. The molecule has 0 radical (unpaired) electrons. The van der Waals surface area contributed by atoms with Crippen LogP contribution in [0.25, 0.3) is 16.7 Å². The first-order valence-electron chi connectivity index (χ1n) is 11.5. The van der Waals surface area contributed by atoms with Gasteiger partial charge in [-0.3, -0.25) is 4.79 Å². The minimum Gasteiger partial charge on any atom is -0.382 e. The van der Waals surface area contributed by atoms with E-state index in [0.29, 0.717) is 29.1 Å². The van der Waals surface area contributed by atoms with Crippen LogP contribution in [0.3, 0.4) is 0 Å². The van der Waals surface area contributed by atoms with Crippen molar-refractivity contribution in [3.8, 4) is 11.9 Å². The third kappa shape index (κ3) is 4.75. The van der Waals surface area contributed by atoms with Gasteiger partial charge in [-0.15, -0.1) is 0 Å². The van der Waals surface area contributed by atoms with E-state index in [0.717, 1.165) is 43.3 Å². The molecule has 1 unspecified atom stereocenters. The van der Waals surface area contributed by atoms with Crippen molar-refractivity contribution < 1.29 is 18.0 Å². The number of pyridine rings is 1. The number of amides is 1. The molecule has 4 aromatic rings. The van der Waals surface area contributed by atoms with Crippen LogP contribution in [0.4, 0.5) is 24.8 Å². The van der Waals surface area contributed by atoms with Crippen molar-refractivity contribution in [3.63, 3.8) is 0 Å². The molecule has 1 aliphatic heterocycles. The number of anilines is 2. The Morgan fingerprint density at radius 1 is 1.16 bits per heavy atom. The molecule has 9 nitrogen and oxygen atoms in total. The number of rotatable bonds is 4. The molecule has 1 aromatic carbocycles. The predicted octanol–water partition coefficient (Wildman–Crippen LogP) is 4.33. The van der Waals surface area contributed by atoms with E-state index in [1.807, 2.05) is 10.8 Å². The van der Waals surface area contributed by atoms with Gasteiger partial charge in [0, 0.05) is 48.2 Å². The number of nitrogens with one attached hydrogen (secondary N) is 1. The average Bonchev–Trinajstić information content (AvgIpc) is 3.29. The Bertz CT molecular complexity index is 1510. The summed E-state index contributed by atoms with van der Waals surface area (Å²) in [5, 5.41) is 11.7. The topological polar surface area (TPSA) is 126 Å². The highest BCUT2D eigenvalue weighted by Gasteiger charge is 2.31. The van der Waals surface area contributed by atoms with Gasteiger partial charge in [0.2, 0.25) is 0 Å². The van der Waals surface area contributed by atoms with Crippen LogP contribution in [-0.4, -0.2) is 43.4 Å². The fraction of sp³-hybridized carbons (Fsp3) is 0.240. The summed E-state index contributed by atoms with van der Waals surface area (Å²) in [5.41, 5.74) is 8.52. The van der Waals surface area contributed by atoms with Gasteiger partial charge in [-0.2, -0.15) is 18.4 Å². The molecule has 1 atom stereocenters. The number of carbonyl (C=O) groups is 1. The summed E-state index contributed by atoms with van der Waals surface area (Å²) in [5.74, 6) is -0.412. The molecule has 4 heterocycles. The molecule has 0 saturated carbocycles. The summed E-state index contributed by atoms with van der Waals surface area (Å²) in [6.07, 6.45) is 3.80. The van der Waals surface area contributed by atoms with Crippen LogP contribution in [0.2, 0.25) is 0 Å². The lowest BCUT2D eigenvalue weighted by Crippen LogP contribution is -2.30. The molecule has 3 aromatic heterocycles. The number of nitrogens with two attached hydrogens (primary N) is 1. The lowest BCUT2D eigenvalue weighted by molar-refractivity contribution is -0.137. The van der Waals surface area contributed by atoms with Crippen LogP contribution in [0.1, 0.15) is 40.2 Å². The molecule has 3 N–H and O–H groups in total. The number of fused-ring (bicyclic) bond motifs is 1. The summed E-state index contributed by atoms with van der Waals surface area (Å²) in [7, 11) is 0. The third-order valence-electron chi connectivity index (χ3n) is 6.37. The minimum absolute atomic E-state index is 0.0939. The lowest BCUT2D eigenvalue weighted by atomic mass is 9.92. The fourth-order valence-electron chi connectivity index (χ4n) is 4.57. The highest BCUT2D eigenvalue weighted by atomic mass is 19.4. The van der Waals surface area contributed by atoms with Gasteiger partial charge in [-0.25, -0.2) is 15.0 Å². The Morgan fingerprint density at radius 2 is 1.95 bits per heavy atom. The number of halogens is 3. The number of benzene rings is 1. The van der Waals surface area contributed by atoms with Crippen molar-refractivity contribution in [2.24, 2.45) is 0 Å². The van der Waals surface area contributed by atoms with Gasteiger partial charge < -0.3 is 20.5 Å². The Morgan fingerprint density at radius 3 is 2.68 bits per heavy atom. The van der Waals surface area contributed by atoms with Crippen LogP contribution in [0.5, 0.6) is 0 Å². The van der Waals surface area contributed by atoms with Crippen LogP contribution in [-0.2, 0) is 6.18 Å². The number of carbonyl (C=O) groups excluding carboxylic acids is 1. The molecule has 1 aliphatic rings. The first-order valence-corrected chi connectivity index (χ1v) is 11.5. The van der Waals surface area contributed by atoms with E-state index in [-0.39, 0.29) is 17.3 Å². The lowest BCUT2D eigenvalue weighted by Gasteiger charge is -2.28. The SMILES string of the molecule is N#CN1CCCC(c2cn(-c3ccc(C(=O)Nc4cc(C(F)(F)F)ccn4)cc3)c3c(N)ncnc23)C1. The Labute approximate surface area is 209 Å². The Balaban J connectivity index is 1.43. The smallest absolute Gasteiger partial charge is 0.382 e. The summed E-state index contributed by atoms with van der Waals surface area (Å²) < 4.78 is 40.7. The molecule has 188 valence electrons. The second kappa shape index (κ2) is 9.42. The Hall–Kier alpha value is -4.66. The first-order chi connectivity index (χ1) is 17.7. The number of hydrogen-bond acceptors (Lipinski definition) is 7. The number of nitrogen functional groups attached to an aromatic ring is 1. The standard InChI is InChI=1S/C25H21F3N8O/c26-25(27,28)17-7-8-31-20(10-17)34-24(37)15-3-5-18(6-4-15)36-12-19(16-2-1-9-35(11-16)13-29)21-22(36)23(30)33-14-32-21/h3-8,10,12,14,16H,1-2,9,11H2,(H2,30,32,33)(H,31,34,37). The second-order valence-electron chi connectivity index (χ2n) is 8.72. The highest BCUT2D eigenvalue weighted by molar-refractivity contribution is 6.04. The summed E-state index contributed by atoms with van der Waals surface area (Å²) >= 11 is 0. The van der Waals surface area contributed by atoms with E-state index in [9.17, 15) is 23.2 Å². The third-order valence-corrected chi connectivity index (χ3v) is 6.37. The van der Waals surface area contributed by atoms with E-state index < -0.39 is 17.6 Å². The number of piperidine rings is 1. The summed E-state index contributed by atoms with van der Waals surface area (Å²) in [6.45, 7) is 1.31. The van der Waals surface area contributed by atoms with Crippen LogP contribution in [0.15, 0.2) is 55.1 Å². The van der Waals surface area contributed by atoms with Gasteiger partial charge in [0.15, 0.2) is 12.0 Å². The number of hydrogen-bond donors (Lipinski definition) is 2. The maximum absolute atomic E-state index is 13.0. The molecule has 0 bridgehead atoms. The van der Waals surface area contributed by atoms with Gasteiger partial charge in [-0.1, -0.05) is 0 Å². The number of alkyl halides is 3. The van der Waals surface area contributed by atoms with Gasteiger partial charge in [0.25, 0.3) is 5.91 Å². The second-order valence-corrected chi connectivity index (χ2v) is 8.72. The minimum atomic E-state index is -4.54. The zero-order valence-corrected chi connectivity index (χ0v) is 19.4. The Kier molecular flexibility index (Phi) is 6.12. The monoisotopic (exact) mass is 506 g/mol. The fourth-order valence-corrected chi connectivity index (χ4v) is 4.57. The van der Waals surface area contributed by atoms with Gasteiger partial charge >= 0.3 is 6.18 Å². The van der Waals surface area contributed by atoms with Crippen molar-refractivity contribution >= 4 is 28.6 Å². The van der Waals surface area contributed by atoms with E-state index in [1.54, 1.807) is 29.2 Å². The number of nitrogens with zero attached hydrogens (tertiary/aromatic N) is 6. The van der Waals surface area contributed by atoms with E-state index >= 15 is 0 Å². The average molecular weight is 506 g/mol. The van der Waals surface area contributed by atoms with E-state index in [1.165, 1.54) is 6.33 Å². The largest absolute Gasteiger partial charge is 0.416 e. The number of likely N-dealkylation sites (tertiary alicyclic amines) is 1. The van der Waals surface area contributed by atoms with Gasteiger partial charge in [-0.05, 0) is 49.2 Å². The van der Waals surface area contributed by atoms with Gasteiger partial charge in [0.1, 0.15) is 17.7 Å². The van der Waals surface area contributed by atoms with E-state index in [4.69, 9.17) is 5.73 Å². The maximum atomic E-state index is 13.0. The molecule has 1 fully saturated rings. The van der Waals surface area contributed by atoms with Crippen LogP contribution < -0.4 is 11.1 Å². The molecule has 5 rings (SSSR count). The zero-order chi connectivity index (χ0) is 26.2. The molecule has 1 saturated heterocycles. The van der Waals surface area contributed by atoms with Gasteiger partial charge in [0.05, 0.1) is 11.1 Å². The molecule has 37 heavy (non-hydrogen) atoms. The van der Waals surface area contributed by atoms with Crippen molar-refractivity contribution in [2.75, 3.05) is 24.1 Å². The van der Waals surface area contributed by atoms with Crippen LogP contribution in [0, 0.1) is 11.5 Å². The van der Waals surface area contributed by atoms with Crippen molar-refractivity contribution in [1.29, 1.82) is 5.26 Å². The van der Waals surface area contributed by atoms with E-state index in [2.05, 4.69) is 26.5 Å². The molecule has 0 aliphatic carbocycles. The highest BCUT2D eigenvalue weighted by Crippen LogP contribution is 2.35. The summed E-state index contributed by atoms with van der Waals surface area (Å²) in [6, 6.07) is 8.13.